The number of benzene rings is 2. The molecule has 2 N–H and O–H groups in total. The van der Waals surface area contributed by atoms with Crippen LogP contribution >= 0.6 is 0 Å². The second-order valence-electron chi connectivity index (χ2n) is 5.64. The van der Waals surface area contributed by atoms with Crippen molar-refractivity contribution in [2.75, 3.05) is 18.5 Å². The van der Waals surface area contributed by atoms with Gasteiger partial charge in [-0.2, -0.15) is 13.2 Å². The zero-order chi connectivity index (χ0) is 20.7. The van der Waals surface area contributed by atoms with Gasteiger partial charge in [-0.25, -0.2) is 4.79 Å². The molecular weight excluding hydrogens is 377 g/mol. The molecule has 148 valence electrons. The quantitative estimate of drug-likeness (QED) is 0.737. The summed E-state index contributed by atoms with van der Waals surface area (Å²) in [7, 11) is 0. The van der Waals surface area contributed by atoms with E-state index in [-0.39, 0.29) is 11.5 Å². The van der Waals surface area contributed by atoms with Crippen molar-refractivity contribution in [3.63, 3.8) is 0 Å². The first-order chi connectivity index (χ1) is 13.2. The van der Waals surface area contributed by atoms with Crippen molar-refractivity contribution in [2.45, 2.75) is 13.1 Å². The predicted molar refractivity (Wildman–Crippen MR) is 94.8 cm³/mol. The predicted octanol–water partition coefficient (Wildman–Crippen LogP) is 3.25. The number of hydrogen-bond acceptors (Lipinski definition) is 4. The Morgan fingerprint density at radius 3 is 2.36 bits per heavy atom. The molecule has 0 heterocycles. The number of alkyl halides is 3. The summed E-state index contributed by atoms with van der Waals surface area (Å²) in [6.07, 6.45) is -4.59. The highest BCUT2D eigenvalue weighted by atomic mass is 19.4. The van der Waals surface area contributed by atoms with Crippen LogP contribution in [0.1, 0.15) is 33.2 Å². The van der Waals surface area contributed by atoms with Gasteiger partial charge in [-0.3, -0.25) is 9.59 Å². The van der Waals surface area contributed by atoms with E-state index in [0.717, 1.165) is 18.2 Å². The molecule has 2 rings (SSSR count). The van der Waals surface area contributed by atoms with Gasteiger partial charge < -0.3 is 15.4 Å². The highest BCUT2D eigenvalue weighted by molar-refractivity contribution is 5.98. The lowest BCUT2D eigenvalue weighted by molar-refractivity contribution is -0.137. The normalized spacial score (nSPS) is 10.9. The van der Waals surface area contributed by atoms with E-state index in [9.17, 15) is 27.6 Å². The molecule has 6 nitrogen and oxygen atoms in total. The first kappa shape index (κ1) is 20.9. The fourth-order valence-electron chi connectivity index (χ4n) is 2.23. The van der Waals surface area contributed by atoms with Crippen LogP contribution in [0, 0.1) is 0 Å². The van der Waals surface area contributed by atoms with E-state index < -0.39 is 30.2 Å². The molecule has 0 aliphatic heterocycles. The van der Waals surface area contributed by atoms with Gasteiger partial charge in [0.15, 0.2) is 6.61 Å². The van der Waals surface area contributed by atoms with Gasteiger partial charge in [0.2, 0.25) is 0 Å². The van der Waals surface area contributed by atoms with E-state index in [2.05, 4.69) is 10.6 Å². The topological polar surface area (TPSA) is 84.5 Å². The number of hydrogen-bond donors (Lipinski definition) is 2. The lowest BCUT2D eigenvalue weighted by atomic mass is 10.1. The fraction of sp³-hybridized carbons (Fsp3) is 0.211. The molecule has 0 atom stereocenters. The van der Waals surface area contributed by atoms with E-state index in [1.165, 1.54) is 12.1 Å². The third-order valence-corrected chi connectivity index (χ3v) is 3.51. The van der Waals surface area contributed by atoms with Gasteiger partial charge in [0.25, 0.3) is 11.8 Å². The maximum atomic E-state index is 12.7. The molecule has 0 unspecified atom stereocenters. The summed E-state index contributed by atoms with van der Waals surface area (Å²) in [6.45, 7) is 1.52. The van der Waals surface area contributed by atoms with Crippen molar-refractivity contribution < 1.29 is 32.3 Å². The second-order valence-corrected chi connectivity index (χ2v) is 5.64. The van der Waals surface area contributed by atoms with Crippen LogP contribution in [0.2, 0.25) is 0 Å². The van der Waals surface area contributed by atoms with E-state index in [0.29, 0.717) is 23.9 Å². The van der Waals surface area contributed by atoms with Crippen LogP contribution < -0.4 is 10.6 Å². The lowest BCUT2D eigenvalue weighted by Crippen LogP contribution is -2.23. The number of esters is 1. The minimum Gasteiger partial charge on any atom is -0.452 e. The van der Waals surface area contributed by atoms with Crippen molar-refractivity contribution in [3.8, 4) is 0 Å². The molecule has 0 bridgehead atoms. The Morgan fingerprint density at radius 2 is 1.68 bits per heavy atom. The Hall–Kier alpha value is -3.36. The Balaban J connectivity index is 1.95. The number of halogens is 3. The number of rotatable bonds is 6. The molecule has 2 amide bonds. The molecule has 28 heavy (non-hydrogen) atoms. The van der Waals surface area contributed by atoms with E-state index in [4.69, 9.17) is 4.74 Å². The molecular formula is C19H17F3N2O4. The molecule has 0 aliphatic rings. The van der Waals surface area contributed by atoms with Crippen LogP contribution in [0.25, 0.3) is 0 Å². The minimum absolute atomic E-state index is 0.309. The molecule has 0 aliphatic carbocycles. The van der Waals surface area contributed by atoms with Crippen LogP contribution in [0.4, 0.5) is 18.9 Å². The lowest BCUT2D eigenvalue weighted by Gasteiger charge is -2.10. The fourth-order valence-corrected chi connectivity index (χ4v) is 2.23. The maximum absolute atomic E-state index is 12.7. The van der Waals surface area contributed by atoms with Gasteiger partial charge in [0, 0.05) is 17.8 Å². The van der Waals surface area contributed by atoms with Crippen molar-refractivity contribution in [1.82, 2.24) is 5.32 Å². The number of nitrogens with one attached hydrogen (secondary N) is 2. The number of anilines is 1. The van der Waals surface area contributed by atoms with Crippen molar-refractivity contribution in [1.29, 1.82) is 0 Å². The van der Waals surface area contributed by atoms with Gasteiger partial charge in [-0.1, -0.05) is 12.1 Å². The summed E-state index contributed by atoms with van der Waals surface area (Å²) in [5, 5.41) is 5.06. The summed E-state index contributed by atoms with van der Waals surface area (Å²) in [5.74, 6) is -2.07. The molecule has 0 fully saturated rings. The van der Waals surface area contributed by atoms with Gasteiger partial charge in [0.05, 0.1) is 11.1 Å². The van der Waals surface area contributed by atoms with Crippen molar-refractivity contribution >= 4 is 23.5 Å². The van der Waals surface area contributed by atoms with Crippen LogP contribution in [0.15, 0.2) is 48.5 Å². The molecule has 0 aromatic heterocycles. The van der Waals surface area contributed by atoms with Crippen LogP contribution in [-0.2, 0) is 15.7 Å². The molecule has 0 saturated heterocycles. The SMILES string of the molecule is CCNC(=O)c1cccc(NC(=O)COC(=O)c2cccc(C(F)(F)F)c2)c1. The number of carbonyl (C=O) groups excluding carboxylic acids is 3. The first-order valence-corrected chi connectivity index (χ1v) is 8.23. The van der Waals surface area contributed by atoms with Crippen molar-refractivity contribution in [2.24, 2.45) is 0 Å². The van der Waals surface area contributed by atoms with Crippen LogP contribution in [0.5, 0.6) is 0 Å². The van der Waals surface area contributed by atoms with E-state index in [1.807, 2.05) is 0 Å². The molecule has 0 spiro atoms. The molecule has 9 heteroatoms. The average Bonchev–Trinajstić information content (AvgIpc) is 2.66. The third-order valence-electron chi connectivity index (χ3n) is 3.51. The number of ether oxygens (including phenoxy) is 1. The third kappa shape index (κ3) is 5.83. The zero-order valence-corrected chi connectivity index (χ0v) is 14.8. The maximum Gasteiger partial charge on any atom is 0.416 e. The Kier molecular flexibility index (Phi) is 6.75. The Labute approximate surface area is 158 Å². The second kappa shape index (κ2) is 9.03. The standard InChI is InChI=1S/C19H17F3N2O4/c1-2-23-17(26)12-5-4-8-15(10-12)24-16(25)11-28-18(27)13-6-3-7-14(9-13)19(20,21)22/h3-10H,2,11H2,1H3,(H,23,26)(H,24,25). The van der Waals surface area contributed by atoms with Gasteiger partial charge >= 0.3 is 12.1 Å². The number of amides is 2. The highest BCUT2D eigenvalue weighted by Crippen LogP contribution is 2.29. The van der Waals surface area contributed by atoms with Crippen molar-refractivity contribution in [3.05, 3.63) is 65.2 Å². The average molecular weight is 394 g/mol. The van der Waals surface area contributed by atoms with Crippen LogP contribution in [-0.4, -0.2) is 30.9 Å². The largest absolute Gasteiger partial charge is 0.452 e. The summed E-state index contributed by atoms with van der Waals surface area (Å²) >= 11 is 0. The van der Waals surface area contributed by atoms with Gasteiger partial charge in [-0.15, -0.1) is 0 Å². The van der Waals surface area contributed by atoms with Crippen LogP contribution in [0.3, 0.4) is 0 Å². The molecule has 2 aromatic rings. The highest BCUT2D eigenvalue weighted by Gasteiger charge is 2.31. The summed E-state index contributed by atoms with van der Waals surface area (Å²) in [6, 6.07) is 9.81. The number of carbonyl (C=O) groups is 3. The smallest absolute Gasteiger partial charge is 0.416 e. The molecule has 2 aromatic carbocycles. The minimum atomic E-state index is -4.59. The summed E-state index contributed by atoms with van der Waals surface area (Å²) in [4.78, 5) is 35.6. The van der Waals surface area contributed by atoms with Gasteiger partial charge in [0.1, 0.15) is 0 Å². The summed E-state index contributed by atoms with van der Waals surface area (Å²) < 4.78 is 42.8. The zero-order valence-electron chi connectivity index (χ0n) is 14.8. The molecule has 0 saturated carbocycles. The van der Waals surface area contributed by atoms with E-state index in [1.54, 1.807) is 19.1 Å². The Morgan fingerprint density at radius 1 is 1.00 bits per heavy atom. The monoisotopic (exact) mass is 394 g/mol. The first-order valence-electron chi connectivity index (χ1n) is 8.23. The van der Waals surface area contributed by atoms with E-state index >= 15 is 0 Å². The summed E-state index contributed by atoms with van der Waals surface area (Å²) in [5.41, 5.74) is -0.668. The molecule has 0 radical (unpaired) electrons. The Bertz CT molecular complexity index is 881. The van der Waals surface area contributed by atoms with Gasteiger partial charge in [-0.05, 0) is 43.3 Å².